The summed E-state index contributed by atoms with van der Waals surface area (Å²) in [7, 11) is 1.60. The number of aromatic amines is 1. The average molecular weight is 512 g/mol. The van der Waals surface area contributed by atoms with Crippen LogP contribution in [-0.2, 0) is 6.42 Å². The van der Waals surface area contributed by atoms with E-state index in [1.165, 1.54) is 5.56 Å². The molecule has 0 fully saturated rings. The monoisotopic (exact) mass is 510 g/mol. The zero-order valence-electron chi connectivity index (χ0n) is 17.3. The highest BCUT2D eigenvalue weighted by molar-refractivity contribution is 9.10. The first-order valence-corrected chi connectivity index (χ1v) is 11.4. The van der Waals surface area contributed by atoms with E-state index < -0.39 is 6.09 Å². The summed E-state index contributed by atoms with van der Waals surface area (Å²) in [5, 5.41) is 1.81. The number of methoxy groups -OCH3 is 1. The smallest absolute Gasteiger partial charge is 0.416 e. The summed E-state index contributed by atoms with van der Waals surface area (Å²) in [5.74, 6) is 1.17. The molecule has 0 unspecified atom stereocenters. The molecule has 0 bridgehead atoms. The van der Waals surface area contributed by atoms with Gasteiger partial charge in [0, 0.05) is 32.6 Å². The fraction of sp³-hybridized carbons (Fsp3) is 0.160. The number of H-pyrrole nitrogens is 1. The number of nitrogens with zero attached hydrogens (tertiary/aromatic N) is 1. The maximum Gasteiger partial charge on any atom is 0.416 e. The lowest BCUT2D eigenvalue weighted by Gasteiger charge is -2.35. The number of fused-ring (bicyclic) bond motifs is 3. The molecule has 2 heterocycles. The highest BCUT2D eigenvalue weighted by Crippen LogP contribution is 2.39. The van der Waals surface area contributed by atoms with Gasteiger partial charge in [0.05, 0.1) is 7.11 Å². The fourth-order valence-electron chi connectivity index (χ4n) is 4.25. The van der Waals surface area contributed by atoms with Crippen LogP contribution in [0.1, 0.15) is 22.9 Å². The van der Waals surface area contributed by atoms with Crippen LogP contribution in [0.5, 0.6) is 11.5 Å². The molecule has 1 atom stereocenters. The highest BCUT2D eigenvalue weighted by atomic mass is 79.9. The molecule has 0 radical (unpaired) electrons. The zero-order chi connectivity index (χ0) is 22.2. The second-order valence-corrected chi connectivity index (χ2v) is 9.00. The van der Waals surface area contributed by atoms with Crippen molar-refractivity contribution < 1.29 is 14.3 Å². The zero-order valence-corrected chi connectivity index (χ0v) is 19.6. The second-order valence-electron chi connectivity index (χ2n) is 7.65. The molecular formula is C25H20BrClN2O3. The van der Waals surface area contributed by atoms with E-state index in [0.29, 0.717) is 23.1 Å². The van der Waals surface area contributed by atoms with Gasteiger partial charge in [-0.25, -0.2) is 4.79 Å². The Labute approximate surface area is 199 Å². The van der Waals surface area contributed by atoms with E-state index >= 15 is 0 Å². The van der Waals surface area contributed by atoms with Gasteiger partial charge in [0.2, 0.25) is 0 Å². The molecule has 1 N–H and O–H groups in total. The molecule has 5 nitrogen and oxygen atoms in total. The van der Waals surface area contributed by atoms with E-state index in [2.05, 4.69) is 33.0 Å². The quantitative estimate of drug-likeness (QED) is 0.331. The Hall–Kier alpha value is -2.96. The highest BCUT2D eigenvalue weighted by Gasteiger charge is 2.35. The lowest BCUT2D eigenvalue weighted by molar-refractivity contribution is 0.135. The van der Waals surface area contributed by atoms with Crippen LogP contribution in [0.4, 0.5) is 4.79 Å². The Bertz CT molecular complexity index is 1290. The van der Waals surface area contributed by atoms with Crippen LogP contribution in [0.15, 0.2) is 71.2 Å². The predicted molar refractivity (Wildman–Crippen MR) is 129 cm³/mol. The molecule has 1 amide bonds. The van der Waals surface area contributed by atoms with Crippen LogP contribution in [-0.4, -0.2) is 29.6 Å². The number of hydrogen-bond acceptors (Lipinski definition) is 3. The summed E-state index contributed by atoms with van der Waals surface area (Å²) in [5.41, 5.74) is 4.23. The third kappa shape index (κ3) is 3.85. The van der Waals surface area contributed by atoms with Crippen LogP contribution < -0.4 is 9.47 Å². The normalized spacial score (nSPS) is 15.5. The molecule has 5 rings (SSSR count). The van der Waals surface area contributed by atoms with Crippen LogP contribution in [0.25, 0.3) is 10.9 Å². The van der Waals surface area contributed by atoms with Gasteiger partial charge in [0.1, 0.15) is 17.5 Å². The molecule has 32 heavy (non-hydrogen) atoms. The van der Waals surface area contributed by atoms with Crippen LogP contribution in [0.2, 0.25) is 5.02 Å². The van der Waals surface area contributed by atoms with Crippen molar-refractivity contribution in [3.63, 3.8) is 0 Å². The number of nitrogens with one attached hydrogen (secondary N) is 1. The number of halogens is 2. The standard InChI is InChI=1S/C25H20BrClN2O3/c1-31-18-7-9-19(10-8-18)32-25(30)29-13-12-20-21-14-16(26)4-11-22(21)28-23(20)24(29)15-2-5-17(27)6-3-15/h2-11,14,24,28H,12-13H2,1H3/t24-/m1/s1. The molecule has 1 aliphatic heterocycles. The average Bonchev–Trinajstić information content (AvgIpc) is 3.17. The molecule has 0 aliphatic carbocycles. The second kappa shape index (κ2) is 8.52. The summed E-state index contributed by atoms with van der Waals surface area (Å²) in [6.45, 7) is 0.536. The Morgan fingerprint density at radius 1 is 1.06 bits per heavy atom. The Balaban J connectivity index is 1.55. The summed E-state index contributed by atoms with van der Waals surface area (Å²) in [4.78, 5) is 18.6. The minimum atomic E-state index is -0.402. The Morgan fingerprint density at radius 3 is 2.50 bits per heavy atom. The number of benzene rings is 3. The minimum absolute atomic E-state index is 0.312. The van der Waals surface area contributed by atoms with Gasteiger partial charge in [-0.1, -0.05) is 39.7 Å². The molecule has 0 spiro atoms. The fourth-order valence-corrected chi connectivity index (χ4v) is 4.74. The van der Waals surface area contributed by atoms with Gasteiger partial charge in [-0.3, -0.25) is 4.90 Å². The van der Waals surface area contributed by atoms with Crippen molar-refractivity contribution in [2.45, 2.75) is 12.5 Å². The summed E-state index contributed by atoms with van der Waals surface area (Å²) < 4.78 is 11.9. The van der Waals surface area contributed by atoms with E-state index in [-0.39, 0.29) is 6.04 Å². The number of carbonyl (C=O) groups excluding carboxylic acids is 1. The summed E-state index contributed by atoms with van der Waals surface area (Å²) >= 11 is 9.71. The van der Waals surface area contributed by atoms with Gasteiger partial charge in [0.15, 0.2) is 0 Å². The van der Waals surface area contributed by atoms with Crippen molar-refractivity contribution in [1.29, 1.82) is 0 Å². The van der Waals surface area contributed by atoms with Crippen LogP contribution >= 0.6 is 27.5 Å². The minimum Gasteiger partial charge on any atom is -0.497 e. The lowest BCUT2D eigenvalue weighted by Crippen LogP contribution is -2.42. The third-order valence-electron chi connectivity index (χ3n) is 5.77. The van der Waals surface area contributed by atoms with Crippen molar-refractivity contribution >= 4 is 44.5 Å². The topological polar surface area (TPSA) is 54.6 Å². The molecule has 0 saturated carbocycles. The van der Waals surface area contributed by atoms with Crippen molar-refractivity contribution in [2.75, 3.05) is 13.7 Å². The van der Waals surface area contributed by atoms with Gasteiger partial charge in [-0.2, -0.15) is 0 Å². The van der Waals surface area contributed by atoms with Gasteiger partial charge < -0.3 is 14.5 Å². The Kier molecular flexibility index (Phi) is 5.57. The van der Waals surface area contributed by atoms with Gasteiger partial charge in [0.25, 0.3) is 0 Å². The number of carbonyl (C=O) groups is 1. The lowest BCUT2D eigenvalue weighted by atomic mass is 9.93. The van der Waals surface area contributed by atoms with E-state index in [4.69, 9.17) is 21.1 Å². The first-order chi connectivity index (χ1) is 15.5. The van der Waals surface area contributed by atoms with Crippen molar-refractivity contribution in [2.24, 2.45) is 0 Å². The molecule has 0 saturated heterocycles. The van der Waals surface area contributed by atoms with E-state index in [0.717, 1.165) is 33.1 Å². The van der Waals surface area contributed by atoms with Gasteiger partial charge in [-0.15, -0.1) is 0 Å². The first kappa shape index (κ1) is 20.9. The first-order valence-electron chi connectivity index (χ1n) is 10.2. The SMILES string of the molecule is COc1ccc(OC(=O)N2CCc3c([nH]c4ccc(Br)cc34)[C@H]2c2ccc(Cl)cc2)cc1. The molecule has 3 aromatic carbocycles. The third-order valence-corrected chi connectivity index (χ3v) is 6.52. The molecule has 162 valence electrons. The number of ether oxygens (including phenoxy) is 2. The molecule has 7 heteroatoms. The van der Waals surface area contributed by atoms with Crippen molar-refractivity contribution in [3.05, 3.63) is 93.0 Å². The molecular weight excluding hydrogens is 492 g/mol. The van der Waals surface area contributed by atoms with Crippen molar-refractivity contribution in [3.8, 4) is 11.5 Å². The largest absolute Gasteiger partial charge is 0.497 e. The van der Waals surface area contributed by atoms with Crippen LogP contribution in [0, 0.1) is 0 Å². The summed E-state index contributed by atoms with van der Waals surface area (Å²) in [6, 6.07) is 20.5. The molecule has 1 aliphatic rings. The number of hydrogen-bond donors (Lipinski definition) is 1. The van der Waals surface area contributed by atoms with Crippen molar-refractivity contribution in [1.82, 2.24) is 9.88 Å². The number of rotatable bonds is 3. The molecule has 1 aromatic heterocycles. The summed E-state index contributed by atoms with van der Waals surface area (Å²) in [6.07, 6.45) is 0.328. The van der Waals surface area contributed by atoms with E-state index in [9.17, 15) is 4.79 Å². The number of amides is 1. The van der Waals surface area contributed by atoms with Gasteiger partial charge in [-0.05, 0) is 72.1 Å². The van der Waals surface area contributed by atoms with E-state index in [1.54, 1.807) is 36.3 Å². The number of aromatic nitrogens is 1. The van der Waals surface area contributed by atoms with Gasteiger partial charge >= 0.3 is 6.09 Å². The van der Waals surface area contributed by atoms with E-state index in [1.807, 2.05) is 30.3 Å². The van der Waals surface area contributed by atoms with Crippen LogP contribution in [0.3, 0.4) is 0 Å². The predicted octanol–water partition coefficient (Wildman–Crippen LogP) is 6.74. The molecule has 4 aromatic rings. The maximum absolute atomic E-state index is 13.3. The Morgan fingerprint density at radius 2 is 1.78 bits per heavy atom. The maximum atomic E-state index is 13.3.